The van der Waals surface area contributed by atoms with Crippen LogP contribution in [0.25, 0.3) is 0 Å². The molecule has 5 heteroatoms. The molecule has 2 saturated heterocycles. The average molecular weight is 260 g/mol. The Morgan fingerprint density at radius 2 is 2.42 bits per heavy atom. The quantitative estimate of drug-likeness (QED) is 0.815. The van der Waals surface area contributed by atoms with E-state index in [4.69, 9.17) is 5.73 Å². The van der Waals surface area contributed by atoms with Crippen LogP contribution < -0.4 is 16.0 Å². The number of aromatic nitrogens is 1. The van der Waals surface area contributed by atoms with Crippen molar-refractivity contribution >= 4 is 11.7 Å². The largest absolute Gasteiger partial charge is 0.354 e. The molecule has 1 amide bonds. The maximum Gasteiger partial charge on any atom is 0.225 e. The molecule has 0 saturated carbocycles. The van der Waals surface area contributed by atoms with Gasteiger partial charge in [0.1, 0.15) is 5.82 Å². The van der Waals surface area contributed by atoms with Gasteiger partial charge in [0, 0.05) is 31.4 Å². The Balaban J connectivity index is 1.97. The Morgan fingerprint density at radius 3 is 3.21 bits per heavy atom. The van der Waals surface area contributed by atoms with E-state index >= 15 is 0 Å². The van der Waals surface area contributed by atoms with E-state index < -0.39 is 0 Å². The Hall–Kier alpha value is -1.62. The fourth-order valence-electron chi connectivity index (χ4n) is 3.29. The molecule has 3 N–H and O–H groups in total. The Morgan fingerprint density at radius 1 is 1.58 bits per heavy atom. The number of amides is 1. The van der Waals surface area contributed by atoms with E-state index in [1.54, 1.807) is 0 Å². The van der Waals surface area contributed by atoms with Crippen LogP contribution in [-0.2, 0) is 11.3 Å². The van der Waals surface area contributed by atoms with E-state index in [9.17, 15) is 4.79 Å². The van der Waals surface area contributed by atoms with Gasteiger partial charge in [-0.15, -0.1) is 0 Å². The number of carbonyl (C=O) groups is 1. The average Bonchev–Trinajstić information content (AvgIpc) is 2.80. The molecule has 2 unspecified atom stereocenters. The van der Waals surface area contributed by atoms with Crippen molar-refractivity contribution in [3.05, 3.63) is 23.4 Å². The highest BCUT2D eigenvalue weighted by Gasteiger charge is 2.41. The summed E-state index contributed by atoms with van der Waals surface area (Å²) in [5.74, 6) is 1.27. The number of fused-ring (bicyclic) bond motifs is 1. The van der Waals surface area contributed by atoms with Gasteiger partial charge in [-0.05, 0) is 31.4 Å². The molecule has 0 aromatic carbocycles. The Bertz CT molecular complexity index is 502. The summed E-state index contributed by atoms with van der Waals surface area (Å²) in [5, 5.41) is 2.97. The maximum atomic E-state index is 11.8. The third-order valence-electron chi connectivity index (χ3n) is 4.34. The number of hydrogen-bond donors (Lipinski definition) is 2. The van der Waals surface area contributed by atoms with Gasteiger partial charge in [-0.1, -0.05) is 0 Å². The van der Waals surface area contributed by atoms with Gasteiger partial charge in [0.15, 0.2) is 0 Å². The monoisotopic (exact) mass is 260 g/mol. The molecule has 0 aliphatic carbocycles. The van der Waals surface area contributed by atoms with Crippen LogP contribution in [0.2, 0.25) is 0 Å². The lowest BCUT2D eigenvalue weighted by Gasteiger charge is -2.38. The van der Waals surface area contributed by atoms with Crippen LogP contribution in [0.3, 0.4) is 0 Å². The van der Waals surface area contributed by atoms with Gasteiger partial charge in [-0.2, -0.15) is 0 Å². The van der Waals surface area contributed by atoms with Crippen LogP contribution in [0.5, 0.6) is 0 Å². The first kappa shape index (κ1) is 12.4. The van der Waals surface area contributed by atoms with Gasteiger partial charge in [-0.25, -0.2) is 4.98 Å². The van der Waals surface area contributed by atoms with Crippen LogP contribution in [0.15, 0.2) is 12.3 Å². The normalized spacial score (nSPS) is 26.2. The molecule has 2 aliphatic rings. The van der Waals surface area contributed by atoms with Crippen molar-refractivity contribution in [3.8, 4) is 0 Å². The smallest absolute Gasteiger partial charge is 0.225 e. The molecule has 1 aromatic heterocycles. The van der Waals surface area contributed by atoms with Gasteiger partial charge in [0.25, 0.3) is 0 Å². The number of pyridine rings is 1. The van der Waals surface area contributed by atoms with Crippen molar-refractivity contribution in [1.82, 2.24) is 10.3 Å². The summed E-state index contributed by atoms with van der Waals surface area (Å²) in [6.07, 6.45) is 3.85. The zero-order chi connectivity index (χ0) is 13.4. The second kappa shape index (κ2) is 4.81. The molecular weight excluding hydrogens is 240 g/mol. The van der Waals surface area contributed by atoms with Gasteiger partial charge in [0.05, 0.1) is 12.0 Å². The van der Waals surface area contributed by atoms with Crippen LogP contribution in [0.4, 0.5) is 5.82 Å². The standard InChI is InChI=1S/C14H20N4O/c1-9-4-5-16-13(11(9)7-15)18-6-2-3-10-12(18)8-17-14(10)19/h4-5,10,12H,2-3,6-8,15H2,1H3,(H,17,19). The fourth-order valence-corrected chi connectivity index (χ4v) is 3.29. The van der Waals surface area contributed by atoms with Crippen molar-refractivity contribution in [2.24, 2.45) is 11.7 Å². The number of anilines is 1. The predicted molar refractivity (Wildman–Crippen MR) is 73.7 cm³/mol. The zero-order valence-corrected chi connectivity index (χ0v) is 11.2. The molecular formula is C14H20N4O. The molecule has 0 radical (unpaired) electrons. The van der Waals surface area contributed by atoms with E-state index in [2.05, 4.69) is 22.1 Å². The summed E-state index contributed by atoms with van der Waals surface area (Å²) in [4.78, 5) is 18.6. The van der Waals surface area contributed by atoms with E-state index in [0.29, 0.717) is 6.54 Å². The SMILES string of the molecule is Cc1ccnc(N2CCCC3C(=O)NCC32)c1CN. The maximum absolute atomic E-state index is 11.8. The van der Waals surface area contributed by atoms with Crippen LogP contribution >= 0.6 is 0 Å². The molecule has 3 heterocycles. The molecule has 0 bridgehead atoms. The molecule has 1 aromatic rings. The highest BCUT2D eigenvalue weighted by Crippen LogP contribution is 2.32. The van der Waals surface area contributed by atoms with Crippen LogP contribution in [0, 0.1) is 12.8 Å². The molecule has 2 fully saturated rings. The number of aryl methyl sites for hydroxylation is 1. The van der Waals surface area contributed by atoms with Crippen LogP contribution in [-0.4, -0.2) is 30.0 Å². The van der Waals surface area contributed by atoms with E-state index in [-0.39, 0.29) is 17.9 Å². The van der Waals surface area contributed by atoms with E-state index in [1.165, 1.54) is 5.56 Å². The minimum Gasteiger partial charge on any atom is -0.354 e. The third kappa shape index (κ3) is 1.98. The predicted octanol–water partition coefficient (Wildman–Crippen LogP) is 0.564. The van der Waals surface area contributed by atoms with Crippen LogP contribution in [0.1, 0.15) is 24.0 Å². The number of rotatable bonds is 2. The second-order valence-corrected chi connectivity index (χ2v) is 5.39. The summed E-state index contributed by atoms with van der Waals surface area (Å²) in [6, 6.07) is 2.23. The second-order valence-electron chi connectivity index (χ2n) is 5.39. The van der Waals surface area contributed by atoms with E-state index in [0.717, 1.165) is 37.3 Å². The number of nitrogens with two attached hydrogens (primary N) is 1. The first-order valence-electron chi connectivity index (χ1n) is 6.91. The lowest BCUT2D eigenvalue weighted by molar-refractivity contribution is -0.122. The number of piperidine rings is 1. The highest BCUT2D eigenvalue weighted by atomic mass is 16.2. The summed E-state index contributed by atoms with van der Waals surface area (Å²) in [7, 11) is 0. The zero-order valence-electron chi connectivity index (χ0n) is 11.2. The molecule has 0 spiro atoms. The molecule has 5 nitrogen and oxygen atoms in total. The Kier molecular flexibility index (Phi) is 3.14. The summed E-state index contributed by atoms with van der Waals surface area (Å²) < 4.78 is 0. The van der Waals surface area contributed by atoms with Gasteiger partial charge in [-0.3, -0.25) is 4.79 Å². The number of nitrogens with zero attached hydrogens (tertiary/aromatic N) is 2. The molecule has 3 rings (SSSR count). The summed E-state index contributed by atoms with van der Waals surface area (Å²) >= 11 is 0. The minimum atomic E-state index is 0.113. The Labute approximate surface area is 113 Å². The molecule has 19 heavy (non-hydrogen) atoms. The molecule has 102 valence electrons. The third-order valence-corrected chi connectivity index (χ3v) is 4.34. The summed E-state index contributed by atoms with van der Waals surface area (Å²) in [5.41, 5.74) is 8.15. The first-order chi connectivity index (χ1) is 9.22. The lowest BCUT2D eigenvalue weighted by atomic mass is 9.91. The lowest BCUT2D eigenvalue weighted by Crippen LogP contribution is -2.46. The van der Waals surface area contributed by atoms with Gasteiger partial charge in [0.2, 0.25) is 5.91 Å². The van der Waals surface area contributed by atoms with Crippen molar-refractivity contribution in [1.29, 1.82) is 0 Å². The van der Waals surface area contributed by atoms with Crippen molar-refractivity contribution in [2.45, 2.75) is 32.4 Å². The van der Waals surface area contributed by atoms with Crippen molar-refractivity contribution in [3.63, 3.8) is 0 Å². The minimum absolute atomic E-state index is 0.113. The fraction of sp³-hybridized carbons (Fsp3) is 0.571. The van der Waals surface area contributed by atoms with Gasteiger partial charge < -0.3 is 16.0 Å². The van der Waals surface area contributed by atoms with Crippen molar-refractivity contribution < 1.29 is 4.79 Å². The highest BCUT2D eigenvalue weighted by molar-refractivity contribution is 5.83. The number of hydrogen-bond acceptors (Lipinski definition) is 4. The first-order valence-corrected chi connectivity index (χ1v) is 6.91. The number of carbonyl (C=O) groups excluding carboxylic acids is 1. The van der Waals surface area contributed by atoms with Crippen molar-refractivity contribution in [2.75, 3.05) is 18.0 Å². The number of nitrogens with one attached hydrogen (secondary N) is 1. The summed E-state index contributed by atoms with van der Waals surface area (Å²) in [6.45, 7) is 4.24. The topological polar surface area (TPSA) is 71.2 Å². The molecule has 2 aliphatic heterocycles. The molecule has 2 atom stereocenters. The van der Waals surface area contributed by atoms with E-state index in [1.807, 2.05) is 12.3 Å². The van der Waals surface area contributed by atoms with Gasteiger partial charge >= 0.3 is 0 Å².